The van der Waals surface area contributed by atoms with E-state index >= 15 is 0 Å². The average Bonchev–Trinajstić information content (AvgIpc) is 2.22. The normalized spacial score (nSPS) is 14.9. The fraction of sp³-hybridized carbons (Fsp3) is 0.909. The molecular weight excluding hydrogens is 176 g/mol. The molecule has 2 atom stereocenters. The highest BCUT2D eigenvalue weighted by molar-refractivity contribution is 5.81. The monoisotopic (exact) mass is 200 g/mol. The number of nitrogens with two attached hydrogens (primary N) is 1. The van der Waals surface area contributed by atoms with Crippen LogP contribution >= 0.6 is 0 Å². The molecule has 0 aromatic carbocycles. The van der Waals surface area contributed by atoms with Crippen molar-refractivity contribution in [2.24, 2.45) is 5.73 Å². The molecule has 0 aromatic rings. The van der Waals surface area contributed by atoms with Gasteiger partial charge in [0.15, 0.2) is 0 Å². The summed E-state index contributed by atoms with van der Waals surface area (Å²) in [5.74, 6) is 0.0767. The Balaban J connectivity index is 4.03. The minimum Gasteiger partial charge on any atom is -0.342 e. The van der Waals surface area contributed by atoms with Crippen molar-refractivity contribution in [3.8, 4) is 0 Å². The molecule has 2 N–H and O–H groups in total. The third-order valence-corrected chi connectivity index (χ3v) is 2.79. The number of amides is 1. The molecule has 0 heterocycles. The first-order valence-electron chi connectivity index (χ1n) is 5.56. The first kappa shape index (κ1) is 13.4. The highest BCUT2D eigenvalue weighted by Crippen LogP contribution is 2.06. The van der Waals surface area contributed by atoms with Crippen LogP contribution in [0.15, 0.2) is 0 Å². The number of rotatable bonds is 6. The molecule has 84 valence electrons. The predicted octanol–water partition coefficient (Wildman–Crippen LogP) is 1.76. The van der Waals surface area contributed by atoms with Gasteiger partial charge in [0, 0.05) is 13.1 Å². The van der Waals surface area contributed by atoms with Gasteiger partial charge in [-0.3, -0.25) is 4.79 Å². The van der Waals surface area contributed by atoms with E-state index in [1.807, 2.05) is 14.0 Å². The molecule has 1 amide bonds. The molecule has 0 bridgehead atoms. The predicted molar refractivity (Wildman–Crippen MR) is 60.0 cm³/mol. The summed E-state index contributed by atoms with van der Waals surface area (Å²) < 4.78 is 0. The molecule has 3 nitrogen and oxygen atoms in total. The first-order chi connectivity index (χ1) is 6.54. The summed E-state index contributed by atoms with van der Waals surface area (Å²) >= 11 is 0. The lowest BCUT2D eigenvalue weighted by atomic mass is 10.1. The third kappa shape index (κ3) is 4.09. The van der Waals surface area contributed by atoms with Crippen molar-refractivity contribution in [3.63, 3.8) is 0 Å². The topological polar surface area (TPSA) is 46.3 Å². The fourth-order valence-corrected chi connectivity index (χ4v) is 1.30. The Morgan fingerprint density at radius 3 is 2.43 bits per heavy atom. The Morgan fingerprint density at radius 2 is 2.00 bits per heavy atom. The summed E-state index contributed by atoms with van der Waals surface area (Å²) in [6.45, 7) is 6.23. The zero-order valence-corrected chi connectivity index (χ0v) is 9.92. The number of carbonyl (C=O) groups is 1. The second-order valence-corrected chi connectivity index (χ2v) is 3.96. The third-order valence-electron chi connectivity index (χ3n) is 2.79. The molecule has 14 heavy (non-hydrogen) atoms. The Hall–Kier alpha value is -0.570. The van der Waals surface area contributed by atoms with Crippen LogP contribution in [0.4, 0.5) is 0 Å². The summed E-state index contributed by atoms with van der Waals surface area (Å²) in [6.07, 6.45) is 3.90. The zero-order valence-electron chi connectivity index (χ0n) is 9.92. The molecular formula is C11H24N2O. The zero-order chi connectivity index (χ0) is 11.1. The van der Waals surface area contributed by atoms with Gasteiger partial charge in [-0.1, -0.05) is 26.7 Å². The largest absolute Gasteiger partial charge is 0.342 e. The minimum atomic E-state index is -0.311. The second-order valence-electron chi connectivity index (χ2n) is 3.96. The van der Waals surface area contributed by atoms with E-state index in [1.165, 1.54) is 0 Å². The summed E-state index contributed by atoms with van der Waals surface area (Å²) in [6, 6.07) is -0.0240. The van der Waals surface area contributed by atoms with E-state index in [2.05, 4.69) is 13.8 Å². The van der Waals surface area contributed by atoms with Crippen molar-refractivity contribution in [2.75, 3.05) is 7.05 Å². The van der Waals surface area contributed by atoms with E-state index in [-0.39, 0.29) is 18.0 Å². The van der Waals surface area contributed by atoms with Crippen LogP contribution < -0.4 is 5.73 Å². The lowest BCUT2D eigenvalue weighted by Gasteiger charge is -2.26. The van der Waals surface area contributed by atoms with E-state index < -0.39 is 0 Å². The number of carbonyl (C=O) groups excluding carboxylic acids is 1. The molecule has 0 saturated carbocycles. The highest BCUT2D eigenvalue weighted by atomic mass is 16.2. The molecule has 0 aliphatic rings. The van der Waals surface area contributed by atoms with Gasteiger partial charge in [0.25, 0.3) is 0 Å². The highest BCUT2D eigenvalue weighted by Gasteiger charge is 2.20. The van der Waals surface area contributed by atoms with E-state index in [1.54, 1.807) is 4.90 Å². The molecule has 3 heteroatoms. The van der Waals surface area contributed by atoms with Gasteiger partial charge in [-0.15, -0.1) is 0 Å². The maximum atomic E-state index is 11.8. The molecule has 0 saturated heterocycles. The van der Waals surface area contributed by atoms with Crippen molar-refractivity contribution in [2.45, 2.75) is 58.5 Å². The summed E-state index contributed by atoms with van der Waals surface area (Å²) in [7, 11) is 1.84. The van der Waals surface area contributed by atoms with Crippen LogP contribution in [0.2, 0.25) is 0 Å². The van der Waals surface area contributed by atoms with Gasteiger partial charge in [-0.25, -0.2) is 0 Å². The van der Waals surface area contributed by atoms with Gasteiger partial charge in [0.1, 0.15) is 0 Å². The fourth-order valence-electron chi connectivity index (χ4n) is 1.30. The SMILES string of the molecule is CCCC[C@H](N)C(=O)N(C)C(C)CC. The maximum absolute atomic E-state index is 11.8. The first-order valence-corrected chi connectivity index (χ1v) is 5.56. The lowest BCUT2D eigenvalue weighted by Crippen LogP contribution is -2.45. The van der Waals surface area contributed by atoms with Gasteiger partial charge in [-0.05, 0) is 19.8 Å². The standard InChI is InChI=1S/C11H24N2O/c1-5-7-8-10(12)11(14)13(4)9(3)6-2/h9-10H,5-8,12H2,1-4H3/t9?,10-/m0/s1. The van der Waals surface area contributed by atoms with Crippen LogP contribution in [0.1, 0.15) is 46.5 Å². The van der Waals surface area contributed by atoms with E-state index in [0.29, 0.717) is 0 Å². The van der Waals surface area contributed by atoms with Crippen LogP contribution in [-0.2, 0) is 4.79 Å². The molecule has 0 fully saturated rings. The molecule has 0 spiro atoms. The van der Waals surface area contributed by atoms with Crippen LogP contribution in [0, 0.1) is 0 Å². The minimum absolute atomic E-state index is 0.0767. The Morgan fingerprint density at radius 1 is 1.43 bits per heavy atom. The average molecular weight is 200 g/mol. The van der Waals surface area contributed by atoms with Gasteiger partial charge in [0.05, 0.1) is 6.04 Å². The number of hydrogen-bond donors (Lipinski definition) is 1. The molecule has 0 aromatic heterocycles. The Kier molecular flexibility index (Phi) is 6.54. The Bertz CT molecular complexity index is 171. The van der Waals surface area contributed by atoms with Gasteiger partial charge >= 0.3 is 0 Å². The van der Waals surface area contributed by atoms with Crippen molar-refractivity contribution < 1.29 is 4.79 Å². The summed E-state index contributed by atoms with van der Waals surface area (Å²) in [5, 5.41) is 0. The van der Waals surface area contributed by atoms with Crippen molar-refractivity contribution in [1.29, 1.82) is 0 Å². The van der Waals surface area contributed by atoms with Crippen molar-refractivity contribution in [3.05, 3.63) is 0 Å². The maximum Gasteiger partial charge on any atom is 0.239 e. The Labute approximate surface area is 87.6 Å². The molecule has 0 radical (unpaired) electrons. The molecule has 0 aliphatic heterocycles. The van der Waals surface area contributed by atoms with Crippen LogP contribution in [0.3, 0.4) is 0 Å². The quantitative estimate of drug-likeness (QED) is 0.710. The van der Waals surface area contributed by atoms with Crippen molar-refractivity contribution >= 4 is 5.91 Å². The number of unbranched alkanes of at least 4 members (excludes halogenated alkanes) is 1. The summed E-state index contributed by atoms with van der Waals surface area (Å²) in [5.41, 5.74) is 5.81. The van der Waals surface area contributed by atoms with Gasteiger partial charge in [-0.2, -0.15) is 0 Å². The van der Waals surface area contributed by atoms with E-state index in [9.17, 15) is 4.79 Å². The van der Waals surface area contributed by atoms with Gasteiger partial charge < -0.3 is 10.6 Å². The number of likely N-dealkylation sites (N-methyl/N-ethyl adjacent to an activating group) is 1. The van der Waals surface area contributed by atoms with E-state index in [0.717, 1.165) is 25.7 Å². The van der Waals surface area contributed by atoms with Crippen LogP contribution in [0.25, 0.3) is 0 Å². The summed E-state index contributed by atoms with van der Waals surface area (Å²) in [4.78, 5) is 13.5. The van der Waals surface area contributed by atoms with Crippen LogP contribution in [0.5, 0.6) is 0 Å². The smallest absolute Gasteiger partial charge is 0.239 e. The number of nitrogens with zero attached hydrogens (tertiary/aromatic N) is 1. The molecule has 0 rings (SSSR count). The molecule has 0 aliphatic carbocycles. The second kappa shape index (κ2) is 6.82. The van der Waals surface area contributed by atoms with Crippen molar-refractivity contribution in [1.82, 2.24) is 4.90 Å². The van der Waals surface area contributed by atoms with Gasteiger partial charge in [0.2, 0.25) is 5.91 Å². The van der Waals surface area contributed by atoms with E-state index in [4.69, 9.17) is 5.73 Å². The van der Waals surface area contributed by atoms with Crippen LogP contribution in [-0.4, -0.2) is 29.9 Å². The number of hydrogen-bond acceptors (Lipinski definition) is 2. The molecule has 1 unspecified atom stereocenters. The lowest BCUT2D eigenvalue weighted by molar-refractivity contribution is -0.133.